The van der Waals surface area contributed by atoms with Crippen LogP contribution in [0.2, 0.25) is 10.0 Å². The van der Waals surface area contributed by atoms with Crippen LogP contribution in [0.5, 0.6) is 0 Å². The number of carbonyl (C=O) groups excluding carboxylic acids is 3. The molecule has 4 aliphatic heterocycles. The molecule has 0 radical (unpaired) electrons. The third kappa shape index (κ3) is 2.87. The van der Waals surface area contributed by atoms with Crippen molar-refractivity contribution < 1.29 is 14.4 Å². The van der Waals surface area contributed by atoms with E-state index in [9.17, 15) is 14.4 Å². The lowest BCUT2D eigenvalue weighted by molar-refractivity contribution is -0.140. The predicted octanol–water partition coefficient (Wildman–Crippen LogP) is 4.58. The van der Waals surface area contributed by atoms with E-state index in [2.05, 4.69) is 15.5 Å². The number of imide groups is 1. The van der Waals surface area contributed by atoms with Crippen LogP contribution in [0.25, 0.3) is 0 Å². The minimum atomic E-state index is -1.58. The van der Waals surface area contributed by atoms with E-state index in [0.717, 1.165) is 35.2 Å². The number of rotatable bonds is 3. The molecular weight excluding hydrogens is 523 g/mol. The first-order chi connectivity index (χ1) is 18.4. The van der Waals surface area contributed by atoms with Crippen LogP contribution in [0.3, 0.4) is 0 Å². The minimum Gasteiger partial charge on any atom is -0.320 e. The standard InChI is InChI=1S/C29H24Cl2N4O3/c30-20-13-12-18(15-21(20)31)24-23-11-6-14-35(23)29(28(24)25(36)32-27(38)33-28)19-9-4-5-10-22(19)34(26(29)37)16-17-7-2-1-3-8-17/h1-5,7-10,12-13,15,23-24H,6,11,14,16H2,(H2,32,33,36,38)/t23-,24?,28+,29-/m1/s1. The van der Waals surface area contributed by atoms with Crippen molar-refractivity contribution in [2.75, 3.05) is 11.4 Å². The maximum atomic E-state index is 15.0. The summed E-state index contributed by atoms with van der Waals surface area (Å²) in [4.78, 5) is 45.9. The molecule has 4 atom stereocenters. The third-order valence-electron chi connectivity index (χ3n) is 8.67. The van der Waals surface area contributed by atoms with Crippen LogP contribution in [-0.4, -0.2) is 40.9 Å². The summed E-state index contributed by atoms with van der Waals surface area (Å²) in [6.45, 7) is 0.965. The monoisotopic (exact) mass is 546 g/mol. The lowest BCUT2D eigenvalue weighted by atomic mass is 9.65. The first kappa shape index (κ1) is 23.7. The van der Waals surface area contributed by atoms with Gasteiger partial charge in [0.25, 0.3) is 11.8 Å². The Bertz CT molecular complexity index is 1510. The largest absolute Gasteiger partial charge is 0.322 e. The fourth-order valence-corrected chi connectivity index (χ4v) is 7.74. The van der Waals surface area contributed by atoms with Gasteiger partial charge < -0.3 is 10.2 Å². The van der Waals surface area contributed by atoms with Gasteiger partial charge in [-0.2, -0.15) is 0 Å². The Kier molecular flexibility index (Phi) is 5.18. The number of halogens is 2. The molecule has 7 rings (SSSR count). The fraction of sp³-hybridized carbons (Fsp3) is 0.276. The lowest BCUT2D eigenvalue weighted by Gasteiger charge is -2.43. The fourth-order valence-electron chi connectivity index (χ4n) is 7.43. The van der Waals surface area contributed by atoms with E-state index in [0.29, 0.717) is 23.1 Å². The second-order valence-corrected chi connectivity index (χ2v) is 11.2. The Morgan fingerprint density at radius 2 is 1.68 bits per heavy atom. The first-order valence-corrected chi connectivity index (χ1v) is 13.5. The second-order valence-electron chi connectivity index (χ2n) is 10.4. The highest BCUT2D eigenvalue weighted by atomic mass is 35.5. The number of urea groups is 1. The van der Waals surface area contributed by atoms with E-state index in [1.54, 1.807) is 17.0 Å². The molecule has 192 valence electrons. The number of nitrogens with one attached hydrogen (secondary N) is 2. The molecule has 3 aromatic carbocycles. The molecule has 4 amide bonds. The SMILES string of the molecule is O=C1NC(=O)[C@@]2(N1)C(c1ccc(Cl)c(Cl)c1)[C@H]1CCCN1[C@]21C(=O)N(Cc2ccccc2)c2ccccc21. The zero-order valence-corrected chi connectivity index (χ0v) is 21.8. The number of para-hydroxylation sites is 1. The van der Waals surface area contributed by atoms with Gasteiger partial charge >= 0.3 is 6.03 Å². The van der Waals surface area contributed by atoms with Crippen LogP contribution in [-0.2, 0) is 21.7 Å². The van der Waals surface area contributed by atoms with Crippen LogP contribution in [0, 0.1) is 0 Å². The van der Waals surface area contributed by atoms with Gasteiger partial charge in [0, 0.05) is 23.2 Å². The van der Waals surface area contributed by atoms with Crippen molar-refractivity contribution in [1.82, 2.24) is 15.5 Å². The Balaban J connectivity index is 1.50. The molecule has 3 fully saturated rings. The van der Waals surface area contributed by atoms with Crippen LogP contribution in [0.1, 0.15) is 35.4 Å². The van der Waals surface area contributed by atoms with Gasteiger partial charge in [-0.25, -0.2) is 4.79 Å². The summed E-state index contributed by atoms with van der Waals surface area (Å²) >= 11 is 12.7. The van der Waals surface area contributed by atoms with Crippen LogP contribution in [0.4, 0.5) is 10.5 Å². The zero-order valence-electron chi connectivity index (χ0n) is 20.3. The van der Waals surface area contributed by atoms with Gasteiger partial charge in [-0.3, -0.25) is 19.8 Å². The predicted molar refractivity (Wildman–Crippen MR) is 144 cm³/mol. The van der Waals surface area contributed by atoms with Crippen molar-refractivity contribution >= 4 is 46.7 Å². The van der Waals surface area contributed by atoms with E-state index in [1.807, 2.05) is 60.7 Å². The molecule has 4 heterocycles. The van der Waals surface area contributed by atoms with Crippen molar-refractivity contribution in [2.24, 2.45) is 0 Å². The van der Waals surface area contributed by atoms with Gasteiger partial charge in [-0.15, -0.1) is 0 Å². The molecule has 0 saturated carbocycles. The van der Waals surface area contributed by atoms with Gasteiger partial charge in [-0.05, 0) is 48.7 Å². The zero-order chi connectivity index (χ0) is 26.2. The van der Waals surface area contributed by atoms with Crippen molar-refractivity contribution in [3.05, 3.63) is 99.5 Å². The number of hydrogen-bond acceptors (Lipinski definition) is 4. The van der Waals surface area contributed by atoms with Crippen molar-refractivity contribution in [3.8, 4) is 0 Å². The first-order valence-electron chi connectivity index (χ1n) is 12.7. The average molecular weight is 547 g/mol. The van der Waals surface area contributed by atoms with Crippen LogP contribution in [0.15, 0.2) is 72.8 Å². The number of benzene rings is 3. The van der Waals surface area contributed by atoms with E-state index < -0.39 is 28.9 Å². The van der Waals surface area contributed by atoms with Crippen LogP contribution >= 0.6 is 23.2 Å². The summed E-state index contributed by atoms with van der Waals surface area (Å²) in [5, 5.41) is 6.26. The molecule has 3 saturated heterocycles. The average Bonchev–Trinajstić information content (AvgIpc) is 3.62. The molecular formula is C29H24Cl2N4O3. The Hall–Kier alpha value is -3.39. The van der Waals surface area contributed by atoms with Gasteiger partial charge in [0.05, 0.1) is 16.6 Å². The summed E-state index contributed by atoms with van der Waals surface area (Å²) in [6, 6.07) is 21.9. The molecule has 0 bridgehead atoms. The Labute approximate surface area is 229 Å². The quantitative estimate of drug-likeness (QED) is 0.471. The summed E-state index contributed by atoms with van der Waals surface area (Å²) in [5.74, 6) is -1.24. The summed E-state index contributed by atoms with van der Waals surface area (Å²) in [7, 11) is 0. The minimum absolute atomic E-state index is 0.176. The van der Waals surface area contributed by atoms with Crippen molar-refractivity contribution in [3.63, 3.8) is 0 Å². The van der Waals surface area contributed by atoms with Gasteiger partial charge in [0.2, 0.25) is 0 Å². The highest BCUT2D eigenvalue weighted by Gasteiger charge is 2.81. The van der Waals surface area contributed by atoms with Crippen molar-refractivity contribution in [1.29, 1.82) is 0 Å². The van der Waals surface area contributed by atoms with Gasteiger partial charge in [-0.1, -0.05) is 77.8 Å². The van der Waals surface area contributed by atoms with E-state index in [1.165, 1.54) is 0 Å². The van der Waals surface area contributed by atoms with E-state index in [-0.39, 0.29) is 11.9 Å². The number of fused-ring (bicyclic) bond motifs is 5. The lowest BCUT2D eigenvalue weighted by Crippen LogP contribution is -2.69. The second kappa shape index (κ2) is 8.30. The molecule has 4 aliphatic rings. The topological polar surface area (TPSA) is 81.8 Å². The number of nitrogens with zero attached hydrogens (tertiary/aromatic N) is 2. The molecule has 0 aliphatic carbocycles. The summed E-state index contributed by atoms with van der Waals surface area (Å²) < 4.78 is 0. The molecule has 7 nitrogen and oxygen atoms in total. The molecule has 2 N–H and O–H groups in total. The number of hydrogen-bond donors (Lipinski definition) is 2. The van der Waals surface area contributed by atoms with E-state index in [4.69, 9.17) is 23.2 Å². The molecule has 2 spiro atoms. The van der Waals surface area contributed by atoms with Gasteiger partial charge in [0.15, 0.2) is 11.1 Å². The molecule has 0 aromatic heterocycles. The number of amides is 4. The number of anilines is 1. The molecule has 1 unspecified atom stereocenters. The highest BCUT2D eigenvalue weighted by Crippen LogP contribution is 2.64. The Morgan fingerprint density at radius 1 is 0.921 bits per heavy atom. The maximum absolute atomic E-state index is 15.0. The molecule has 38 heavy (non-hydrogen) atoms. The normalized spacial score (nSPS) is 29.7. The highest BCUT2D eigenvalue weighted by molar-refractivity contribution is 6.42. The number of carbonyl (C=O) groups is 3. The summed E-state index contributed by atoms with van der Waals surface area (Å²) in [5.41, 5.74) is 0.205. The third-order valence-corrected chi connectivity index (χ3v) is 9.41. The Morgan fingerprint density at radius 3 is 2.42 bits per heavy atom. The van der Waals surface area contributed by atoms with Gasteiger partial charge in [0.1, 0.15) is 0 Å². The van der Waals surface area contributed by atoms with E-state index >= 15 is 0 Å². The van der Waals surface area contributed by atoms with Crippen molar-refractivity contribution in [2.45, 2.75) is 42.4 Å². The molecule has 3 aromatic rings. The molecule has 9 heteroatoms. The van der Waals surface area contributed by atoms with Crippen LogP contribution < -0.4 is 15.5 Å². The smallest absolute Gasteiger partial charge is 0.320 e. The summed E-state index contributed by atoms with van der Waals surface area (Å²) in [6.07, 6.45) is 1.63. The maximum Gasteiger partial charge on any atom is 0.322 e.